The van der Waals surface area contributed by atoms with Crippen LogP contribution in [0.15, 0.2) is 22.8 Å². The first-order valence-electron chi connectivity index (χ1n) is 9.87. The predicted molar refractivity (Wildman–Crippen MR) is 101 cm³/mol. The number of carboxylic acid groups (broad SMARTS) is 1. The van der Waals surface area contributed by atoms with Crippen LogP contribution < -0.4 is 0 Å². The minimum Gasteiger partial charge on any atom is -0.479 e. The first-order chi connectivity index (χ1) is 13.3. The van der Waals surface area contributed by atoms with Crippen molar-refractivity contribution in [2.24, 2.45) is 28.6 Å². The third-order valence-corrected chi connectivity index (χ3v) is 9.00. The van der Waals surface area contributed by atoms with Gasteiger partial charge in [-0.2, -0.15) is 0 Å². The lowest BCUT2D eigenvalue weighted by molar-refractivity contribution is -0.229. The van der Waals surface area contributed by atoms with Gasteiger partial charge in [-0.3, -0.25) is 4.79 Å². The van der Waals surface area contributed by atoms with E-state index in [0.29, 0.717) is 0 Å². The second-order valence-electron chi connectivity index (χ2n) is 9.66. The van der Waals surface area contributed by atoms with Crippen LogP contribution in [0.25, 0.3) is 0 Å². The zero-order valence-corrected chi connectivity index (χ0v) is 17.2. The average molecular weight is 431 g/mol. The summed E-state index contributed by atoms with van der Waals surface area (Å²) in [6.07, 6.45) is -1.43. The van der Waals surface area contributed by atoms with Crippen molar-refractivity contribution < 1.29 is 33.7 Å². The maximum atomic E-state index is 16.9. The van der Waals surface area contributed by atoms with Crippen molar-refractivity contribution in [3.63, 3.8) is 0 Å². The van der Waals surface area contributed by atoms with E-state index in [1.165, 1.54) is 13.0 Å². The van der Waals surface area contributed by atoms with Gasteiger partial charge in [0.25, 0.3) is 0 Å². The Morgan fingerprint density at radius 2 is 1.90 bits per heavy atom. The number of aliphatic carboxylic acids is 1. The van der Waals surface area contributed by atoms with Gasteiger partial charge in [0.1, 0.15) is 6.17 Å². The summed E-state index contributed by atoms with van der Waals surface area (Å²) in [4.78, 5) is 24.0. The van der Waals surface area contributed by atoms with Crippen LogP contribution in [0.5, 0.6) is 0 Å². The van der Waals surface area contributed by atoms with Crippen LogP contribution in [0.3, 0.4) is 0 Å². The van der Waals surface area contributed by atoms with Gasteiger partial charge in [-0.05, 0) is 49.7 Å². The summed E-state index contributed by atoms with van der Waals surface area (Å²) in [6, 6.07) is 0. The van der Waals surface area contributed by atoms with Crippen LogP contribution in [0, 0.1) is 28.6 Å². The molecular weight excluding hydrogens is 406 g/mol. The van der Waals surface area contributed by atoms with Crippen molar-refractivity contribution in [2.75, 3.05) is 0 Å². The molecule has 29 heavy (non-hydrogen) atoms. The molecule has 9 atom stereocenters. The Kier molecular flexibility index (Phi) is 4.25. The van der Waals surface area contributed by atoms with Crippen molar-refractivity contribution in [1.82, 2.24) is 0 Å². The Morgan fingerprint density at radius 1 is 1.28 bits per heavy atom. The lowest BCUT2D eigenvalue weighted by atomic mass is 9.44. The topological polar surface area (TPSA) is 94.8 Å². The first kappa shape index (κ1) is 20.9. The number of fused-ring (bicyclic) bond motifs is 5. The van der Waals surface area contributed by atoms with Crippen molar-refractivity contribution in [2.45, 2.75) is 63.6 Å². The van der Waals surface area contributed by atoms with E-state index in [1.54, 1.807) is 13.8 Å². The molecule has 0 saturated heterocycles. The molecular formula is C21H25ClF2O5. The fourth-order valence-electron chi connectivity index (χ4n) is 7.09. The van der Waals surface area contributed by atoms with Crippen molar-refractivity contribution in [1.29, 1.82) is 0 Å². The summed E-state index contributed by atoms with van der Waals surface area (Å²) in [7, 11) is 0. The van der Waals surface area contributed by atoms with Gasteiger partial charge < -0.3 is 15.3 Å². The Bertz CT molecular complexity index is 873. The molecule has 0 spiro atoms. The molecule has 3 N–H and O–H groups in total. The van der Waals surface area contributed by atoms with Gasteiger partial charge in [0.2, 0.25) is 0 Å². The fourth-order valence-corrected chi connectivity index (χ4v) is 7.47. The summed E-state index contributed by atoms with van der Waals surface area (Å²) in [6.45, 7) is 4.56. The number of allylic oxidation sites excluding steroid dienone is 4. The standard InChI is InChI=1S/C21H25ClF2O5/c1-9-6-10-11-7-12(23)15-16(22)13(25)4-5-18(15,2)20(11,24)14(26)8-19(10,3)21(9,29)17(27)28/h4-5,9-12,14,26,29H,6-8H2,1-3H3,(H,27,28)/t9-,10-,11-,12-,14-,18-,19-,20-,21-/m0/s1. The molecule has 0 bridgehead atoms. The molecule has 3 saturated carbocycles. The molecule has 0 aromatic heterocycles. The number of hydrogen-bond donors (Lipinski definition) is 3. The van der Waals surface area contributed by atoms with Crippen molar-refractivity contribution in [3.8, 4) is 0 Å². The minimum atomic E-state index is -2.35. The molecule has 0 aromatic carbocycles. The summed E-state index contributed by atoms with van der Waals surface area (Å²) < 4.78 is 32.2. The fraction of sp³-hybridized carbons (Fsp3) is 0.714. The lowest BCUT2D eigenvalue weighted by Crippen LogP contribution is -2.70. The third-order valence-electron chi connectivity index (χ3n) is 8.61. The van der Waals surface area contributed by atoms with Crippen molar-refractivity contribution in [3.05, 3.63) is 22.8 Å². The van der Waals surface area contributed by atoms with Gasteiger partial charge in [-0.1, -0.05) is 31.5 Å². The maximum absolute atomic E-state index is 16.9. The van der Waals surface area contributed by atoms with Gasteiger partial charge in [-0.25, -0.2) is 13.6 Å². The third kappa shape index (κ3) is 2.12. The van der Waals surface area contributed by atoms with E-state index in [-0.39, 0.29) is 29.9 Å². The molecule has 0 aliphatic heterocycles. The van der Waals surface area contributed by atoms with Gasteiger partial charge >= 0.3 is 5.97 Å². The SMILES string of the molecule is C[C@H]1C[C@H]2[C@@H]3C[C@H](F)C4=C(Cl)C(=O)C=C[C@]4(C)[C@@]3(F)[C@@H](O)C[C@]2(C)[C@@]1(O)C(=O)O. The van der Waals surface area contributed by atoms with Crippen LogP contribution in [0.4, 0.5) is 8.78 Å². The molecule has 160 valence electrons. The number of carbonyl (C=O) groups excluding carboxylic acids is 1. The van der Waals surface area contributed by atoms with Crippen LogP contribution in [-0.4, -0.2) is 50.6 Å². The van der Waals surface area contributed by atoms with E-state index in [0.717, 1.165) is 6.08 Å². The Hall–Kier alpha value is -1.31. The molecule has 0 amide bonds. The highest BCUT2D eigenvalue weighted by molar-refractivity contribution is 6.45. The number of rotatable bonds is 1. The van der Waals surface area contributed by atoms with E-state index in [9.17, 15) is 24.9 Å². The Balaban J connectivity index is 1.91. The molecule has 0 aromatic rings. The van der Waals surface area contributed by atoms with Gasteiger partial charge in [0.15, 0.2) is 17.1 Å². The smallest absolute Gasteiger partial charge is 0.336 e. The van der Waals surface area contributed by atoms with Gasteiger partial charge in [-0.15, -0.1) is 0 Å². The second kappa shape index (κ2) is 5.89. The molecule has 5 nitrogen and oxygen atoms in total. The number of aliphatic hydroxyl groups is 2. The predicted octanol–water partition coefficient (Wildman–Crippen LogP) is 2.93. The van der Waals surface area contributed by atoms with E-state index in [2.05, 4.69) is 0 Å². The molecule has 0 unspecified atom stereocenters. The molecule has 3 fully saturated rings. The Morgan fingerprint density at radius 3 is 2.48 bits per heavy atom. The number of ketones is 1. The highest BCUT2D eigenvalue weighted by Crippen LogP contribution is 2.71. The molecule has 0 heterocycles. The average Bonchev–Trinajstić information content (AvgIpc) is 2.83. The number of halogens is 3. The molecule has 0 radical (unpaired) electrons. The van der Waals surface area contributed by atoms with Crippen LogP contribution in [-0.2, 0) is 9.59 Å². The Labute approximate surface area is 172 Å². The number of hydrogen-bond acceptors (Lipinski definition) is 4. The van der Waals surface area contributed by atoms with Gasteiger partial charge in [0, 0.05) is 16.7 Å². The number of carboxylic acids is 1. The van der Waals surface area contributed by atoms with Gasteiger partial charge in [0.05, 0.1) is 11.1 Å². The first-order valence-corrected chi connectivity index (χ1v) is 10.2. The highest BCUT2D eigenvalue weighted by atomic mass is 35.5. The van der Waals surface area contributed by atoms with Crippen LogP contribution in [0.2, 0.25) is 0 Å². The summed E-state index contributed by atoms with van der Waals surface area (Å²) >= 11 is 6.09. The number of carbonyl (C=O) groups is 2. The lowest BCUT2D eigenvalue weighted by Gasteiger charge is -2.62. The molecule has 4 aliphatic rings. The number of aliphatic hydroxyl groups excluding tert-OH is 1. The van der Waals surface area contributed by atoms with E-state index >= 15 is 8.78 Å². The van der Waals surface area contributed by atoms with Crippen LogP contribution >= 0.6 is 11.6 Å². The quantitative estimate of drug-likeness (QED) is 0.594. The van der Waals surface area contributed by atoms with Crippen LogP contribution in [0.1, 0.15) is 40.0 Å². The van der Waals surface area contributed by atoms with Crippen molar-refractivity contribution >= 4 is 23.4 Å². The van der Waals surface area contributed by atoms with E-state index in [4.69, 9.17) is 11.6 Å². The largest absolute Gasteiger partial charge is 0.479 e. The summed E-state index contributed by atoms with van der Waals surface area (Å²) in [5.74, 6) is -4.42. The minimum absolute atomic E-state index is 0.160. The van der Waals surface area contributed by atoms with E-state index in [1.807, 2.05) is 0 Å². The number of alkyl halides is 2. The zero-order chi connectivity index (χ0) is 21.7. The maximum Gasteiger partial charge on any atom is 0.336 e. The highest BCUT2D eigenvalue weighted by Gasteiger charge is 2.77. The molecule has 4 aliphatic carbocycles. The molecule has 8 heteroatoms. The summed E-state index contributed by atoms with van der Waals surface area (Å²) in [5, 5.41) is 31.6. The monoisotopic (exact) mass is 430 g/mol. The normalized spacial score (nSPS) is 54.1. The van der Waals surface area contributed by atoms with E-state index < -0.39 is 63.9 Å². The molecule has 4 rings (SSSR count). The second-order valence-corrected chi connectivity index (χ2v) is 10.0. The summed E-state index contributed by atoms with van der Waals surface area (Å²) in [5.41, 5.74) is -7.64. The zero-order valence-electron chi connectivity index (χ0n) is 16.5.